The van der Waals surface area contributed by atoms with Gasteiger partial charge in [0, 0.05) is 36.7 Å². The average molecular weight is 346 g/mol. The predicted molar refractivity (Wildman–Crippen MR) is 99.0 cm³/mol. The van der Waals surface area contributed by atoms with Crippen molar-refractivity contribution in [2.45, 2.75) is 63.5 Å². The third-order valence-corrected chi connectivity index (χ3v) is 5.26. The summed E-state index contributed by atoms with van der Waals surface area (Å²) in [6.07, 6.45) is 9.48. The molecule has 0 spiro atoms. The Kier molecular flexibility index (Phi) is 6.26. The van der Waals surface area contributed by atoms with Crippen molar-refractivity contribution < 1.29 is 9.84 Å². The number of aliphatic hydroxyl groups excluding tert-OH is 1. The highest BCUT2D eigenvalue weighted by atomic mass is 16.5. The maximum absolute atomic E-state index is 10.1. The lowest BCUT2D eigenvalue weighted by Crippen LogP contribution is -2.29. The number of rotatable bonds is 5. The van der Waals surface area contributed by atoms with Gasteiger partial charge >= 0.3 is 0 Å². The molecular weight excluding hydrogens is 316 g/mol. The number of nitrogens with one attached hydrogen (secondary N) is 1. The first-order valence-electron chi connectivity index (χ1n) is 9.45. The van der Waals surface area contributed by atoms with E-state index in [1.54, 1.807) is 6.20 Å². The molecule has 0 aromatic carbocycles. The fraction of sp³-hybridized carbons (Fsp3) is 0.684. The van der Waals surface area contributed by atoms with Gasteiger partial charge in [-0.3, -0.25) is 0 Å². The van der Waals surface area contributed by atoms with Gasteiger partial charge in [-0.2, -0.15) is 0 Å². The minimum atomic E-state index is -0.196. The normalized spacial score (nSPS) is 25.3. The lowest BCUT2D eigenvalue weighted by atomic mass is 9.92. The summed E-state index contributed by atoms with van der Waals surface area (Å²) in [6, 6.07) is 0.355. The van der Waals surface area contributed by atoms with Gasteiger partial charge in [0.05, 0.1) is 11.8 Å². The summed E-state index contributed by atoms with van der Waals surface area (Å²) in [5.41, 5.74) is 8.22. The van der Waals surface area contributed by atoms with Gasteiger partial charge in [-0.15, -0.1) is 0 Å². The monoisotopic (exact) mass is 346 g/mol. The molecule has 1 saturated carbocycles. The number of nitrogens with zero attached hydrogens (tertiary/aromatic N) is 2. The van der Waals surface area contributed by atoms with Crippen LogP contribution in [0, 0.1) is 5.92 Å². The summed E-state index contributed by atoms with van der Waals surface area (Å²) in [4.78, 5) is 9.18. The Morgan fingerprint density at radius 2 is 2.04 bits per heavy atom. The van der Waals surface area contributed by atoms with E-state index in [9.17, 15) is 5.11 Å². The number of hydrogen-bond acceptors (Lipinski definition) is 6. The van der Waals surface area contributed by atoms with Crippen molar-refractivity contribution in [1.82, 2.24) is 9.97 Å². The highest BCUT2D eigenvalue weighted by Gasteiger charge is 2.22. The van der Waals surface area contributed by atoms with Crippen LogP contribution in [0.2, 0.25) is 0 Å². The molecule has 0 radical (unpaired) electrons. The van der Waals surface area contributed by atoms with Gasteiger partial charge in [0.25, 0.3) is 0 Å². The molecule has 1 saturated heterocycles. The van der Waals surface area contributed by atoms with Crippen molar-refractivity contribution >= 4 is 11.6 Å². The second-order valence-electron chi connectivity index (χ2n) is 7.35. The molecule has 4 N–H and O–H groups in total. The molecule has 6 nitrogen and oxygen atoms in total. The molecule has 2 fully saturated rings. The van der Waals surface area contributed by atoms with Crippen molar-refractivity contribution in [2.24, 2.45) is 11.7 Å². The number of aliphatic hydroxyl groups is 1. The summed E-state index contributed by atoms with van der Waals surface area (Å²) >= 11 is 0. The van der Waals surface area contributed by atoms with Crippen molar-refractivity contribution in [3.8, 4) is 0 Å². The summed E-state index contributed by atoms with van der Waals surface area (Å²) in [5, 5.41) is 13.5. The third-order valence-electron chi connectivity index (χ3n) is 5.26. The molecule has 25 heavy (non-hydrogen) atoms. The van der Waals surface area contributed by atoms with E-state index in [2.05, 4.69) is 16.9 Å². The molecule has 1 aromatic rings. The zero-order chi connectivity index (χ0) is 17.6. The van der Waals surface area contributed by atoms with Crippen LogP contribution in [0.3, 0.4) is 0 Å². The van der Waals surface area contributed by atoms with Crippen molar-refractivity contribution in [2.75, 3.05) is 18.5 Å². The molecule has 2 heterocycles. The highest BCUT2D eigenvalue weighted by Crippen LogP contribution is 2.28. The van der Waals surface area contributed by atoms with Crippen LogP contribution in [0.25, 0.3) is 5.70 Å². The standard InChI is InChI=1S/C19H30N4O2/c1-13(20)17-12-21-19(22-15-6-8-25-9-7-15)23-18(17)11-14-4-2-3-5-16(24)10-14/h12,14-16,24H,1-11,20H2,(H,21,22,23)/t14-,16+/m1/s1. The van der Waals surface area contributed by atoms with Gasteiger partial charge in [-0.05, 0) is 44.4 Å². The quantitative estimate of drug-likeness (QED) is 0.709. The smallest absolute Gasteiger partial charge is 0.223 e. The molecule has 1 aromatic heterocycles. The molecule has 2 atom stereocenters. The van der Waals surface area contributed by atoms with Gasteiger partial charge in [0.2, 0.25) is 5.95 Å². The van der Waals surface area contributed by atoms with Crippen LogP contribution < -0.4 is 11.1 Å². The maximum Gasteiger partial charge on any atom is 0.223 e. The van der Waals surface area contributed by atoms with Crippen LogP contribution in [0.15, 0.2) is 12.8 Å². The summed E-state index contributed by atoms with van der Waals surface area (Å²) in [5.74, 6) is 1.09. The Hall–Kier alpha value is -1.66. The second kappa shape index (κ2) is 8.63. The Morgan fingerprint density at radius 3 is 2.80 bits per heavy atom. The molecular formula is C19H30N4O2. The van der Waals surface area contributed by atoms with Crippen molar-refractivity contribution in [1.29, 1.82) is 0 Å². The van der Waals surface area contributed by atoms with E-state index < -0.39 is 0 Å². The minimum Gasteiger partial charge on any atom is -0.399 e. The largest absolute Gasteiger partial charge is 0.399 e. The molecule has 0 amide bonds. The van der Waals surface area contributed by atoms with E-state index in [-0.39, 0.29) is 6.10 Å². The zero-order valence-corrected chi connectivity index (χ0v) is 14.9. The molecule has 1 aliphatic heterocycles. The summed E-state index contributed by atoms with van der Waals surface area (Å²) < 4.78 is 5.40. The maximum atomic E-state index is 10.1. The fourth-order valence-corrected chi connectivity index (χ4v) is 3.83. The fourth-order valence-electron chi connectivity index (χ4n) is 3.83. The highest BCUT2D eigenvalue weighted by molar-refractivity contribution is 5.62. The topological polar surface area (TPSA) is 93.3 Å². The second-order valence-corrected chi connectivity index (χ2v) is 7.35. The number of anilines is 1. The van der Waals surface area contributed by atoms with Gasteiger partial charge in [0.15, 0.2) is 0 Å². The van der Waals surface area contributed by atoms with E-state index >= 15 is 0 Å². The Morgan fingerprint density at radius 1 is 1.28 bits per heavy atom. The molecule has 0 unspecified atom stereocenters. The van der Waals surface area contributed by atoms with E-state index in [4.69, 9.17) is 15.5 Å². The molecule has 3 rings (SSSR count). The van der Waals surface area contributed by atoms with Crippen LogP contribution in [0.4, 0.5) is 5.95 Å². The number of aromatic nitrogens is 2. The SMILES string of the molecule is C=C(N)c1cnc(NC2CCOCC2)nc1C[C@@H]1CCCC[C@H](O)C1. The molecule has 1 aliphatic carbocycles. The first-order valence-corrected chi connectivity index (χ1v) is 9.45. The van der Waals surface area contributed by atoms with E-state index in [0.717, 1.165) is 69.4 Å². The van der Waals surface area contributed by atoms with Crippen LogP contribution >= 0.6 is 0 Å². The van der Waals surface area contributed by atoms with Gasteiger partial charge < -0.3 is 20.9 Å². The van der Waals surface area contributed by atoms with E-state index in [0.29, 0.717) is 23.6 Å². The summed E-state index contributed by atoms with van der Waals surface area (Å²) in [7, 11) is 0. The Balaban J connectivity index is 1.74. The van der Waals surface area contributed by atoms with Crippen molar-refractivity contribution in [3.05, 3.63) is 24.0 Å². The lowest BCUT2D eigenvalue weighted by molar-refractivity contribution is 0.0903. The van der Waals surface area contributed by atoms with Crippen LogP contribution in [-0.4, -0.2) is 40.4 Å². The minimum absolute atomic E-state index is 0.196. The molecule has 6 heteroatoms. The average Bonchev–Trinajstić information content (AvgIpc) is 2.79. The predicted octanol–water partition coefficient (Wildman–Crippen LogP) is 2.48. The summed E-state index contributed by atoms with van der Waals surface area (Å²) in [6.45, 7) is 5.43. The number of hydrogen-bond donors (Lipinski definition) is 3. The van der Waals surface area contributed by atoms with Gasteiger partial charge in [-0.1, -0.05) is 19.4 Å². The lowest BCUT2D eigenvalue weighted by Gasteiger charge is -2.24. The van der Waals surface area contributed by atoms with Gasteiger partial charge in [-0.25, -0.2) is 9.97 Å². The first-order chi connectivity index (χ1) is 12.1. The molecule has 2 aliphatic rings. The Labute approximate surface area is 149 Å². The molecule has 0 bridgehead atoms. The third kappa shape index (κ3) is 5.16. The van der Waals surface area contributed by atoms with Crippen molar-refractivity contribution in [3.63, 3.8) is 0 Å². The van der Waals surface area contributed by atoms with Crippen LogP contribution in [0.1, 0.15) is 56.2 Å². The zero-order valence-electron chi connectivity index (χ0n) is 14.9. The number of ether oxygens (including phenoxy) is 1. The first kappa shape index (κ1) is 18.1. The Bertz CT molecular complexity index is 587. The van der Waals surface area contributed by atoms with Crippen LogP contribution in [0.5, 0.6) is 0 Å². The molecule has 138 valence electrons. The van der Waals surface area contributed by atoms with Crippen LogP contribution in [-0.2, 0) is 11.2 Å². The van der Waals surface area contributed by atoms with Gasteiger partial charge in [0.1, 0.15) is 0 Å². The van der Waals surface area contributed by atoms with E-state index in [1.165, 1.54) is 6.42 Å². The number of nitrogens with two attached hydrogens (primary N) is 1. The van der Waals surface area contributed by atoms with E-state index in [1.807, 2.05) is 0 Å².